The van der Waals surface area contributed by atoms with E-state index in [0.29, 0.717) is 22.6 Å². The lowest BCUT2D eigenvalue weighted by Gasteiger charge is -2.15. The number of anilines is 1. The number of hydrogen-bond acceptors (Lipinski definition) is 5. The van der Waals surface area contributed by atoms with Crippen molar-refractivity contribution in [1.82, 2.24) is 0 Å². The first kappa shape index (κ1) is 13.3. The topological polar surface area (TPSA) is 93.8 Å². The minimum Gasteiger partial charge on any atom is -0.382 e. The highest BCUT2D eigenvalue weighted by Crippen LogP contribution is 2.27. The Bertz CT molecular complexity index is 418. The van der Waals surface area contributed by atoms with Crippen molar-refractivity contribution in [1.29, 1.82) is 0 Å². The molecule has 6 heteroatoms. The lowest BCUT2D eigenvalue weighted by atomic mass is 10.1. The fraction of sp³-hybridized carbons (Fsp3) is 0.364. The predicted molar refractivity (Wildman–Crippen MR) is 62.8 cm³/mol. The van der Waals surface area contributed by atoms with E-state index in [1.807, 2.05) is 13.8 Å². The van der Waals surface area contributed by atoms with Gasteiger partial charge in [0, 0.05) is 12.1 Å². The summed E-state index contributed by atoms with van der Waals surface area (Å²) in [6.45, 7) is 5.56. The van der Waals surface area contributed by atoms with E-state index in [1.165, 1.54) is 0 Å². The van der Waals surface area contributed by atoms with Gasteiger partial charge in [-0.1, -0.05) is 0 Å². The van der Waals surface area contributed by atoms with Crippen molar-refractivity contribution in [2.45, 2.75) is 26.8 Å². The van der Waals surface area contributed by atoms with Crippen LogP contribution in [-0.4, -0.2) is 17.2 Å². The predicted octanol–water partition coefficient (Wildman–Crippen LogP) is 1.70. The molecule has 0 atom stereocenters. The Morgan fingerprint density at radius 3 is 2.59 bits per heavy atom. The first-order valence-corrected chi connectivity index (χ1v) is 5.14. The van der Waals surface area contributed by atoms with Gasteiger partial charge in [0.15, 0.2) is 5.75 Å². The highest BCUT2D eigenvalue weighted by molar-refractivity contribution is 5.99. The molecule has 1 rings (SSSR count). The number of nitrogens with one attached hydrogen (secondary N) is 1. The van der Waals surface area contributed by atoms with Crippen molar-refractivity contribution < 1.29 is 20.0 Å². The van der Waals surface area contributed by atoms with E-state index in [1.54, 1.807) is 19.1 Å². The molecule has 1 aromatic carbocycles. The Morgan fingerprint density at radius 1 is 1.47 bits per heavy atom. The normalized spacial score (nSPS) is 10.4. The minimum atomic E-state index is -0.535. The molecule has 0 aliphatic rings. The summed E-state index contributed by atoms with van der Waals surface area (Å²) in [5.41, 5.74) is 6.80. The Balaban J connectivity index is 3.21. The van der Waals surface area contributed by atoms with Crippen LogP contribution in [0.2, 0.25) is 0 Å². The second-order valence-electron chi connectivity index (χ2n) is 3.98. The second-order valence-corrected chi connectivity index (χ2v) is 3.98. The maximum atomic E-state index is 11.3. The fourth-order valence-electron chi connectivity index (χ4n) is 1.45. The Labute approximate surface area is 99.2 Å². The average Bonchev–Trinajstić information content (AvgIpc) is 2.21. The molecule has 1 amide bonds. The smallest absolute Gasteiger partial charge is 0.250 e. The molecule has 0 saturated heterocycles. The van der Waals surface area contributed by atoms with Crippen molar-refractivity contribution in [3.05, 3.63) is 23.3 Å². The summed E-state index contributed by atoms with van der Waals surface area (Å²) in [5.74, 6) is -0.228. The number of carbonyl (C=O) groups is 1. The zero-order valence-corrected chi connectivity index (χ0v) is 9.98. The van der Waals surface area contributed by atoms with Gasteiger partial charge in [0.1, 0.15) is 0 Å². The lowest BCUT2D eigenvalue weighted by molar-refractivity contribution is -0.439. The van der Waals surface area contributed by atoms with Crippen molar-refractivity contribution >= 4 is 11.6 Å². The maximum Gasteiger partial charge on any atom is 0.250 e. The number of amides is 1. The van der Waals surface area contributed by atoms with E-state index in [0.717, 1.165) is 0 Å². The Kier molecular flexibility index (Phi) is 4.30. The van der Waals surface area contributed by atoms with Gasteiger partial charge in [-0.05, 0) is 37.4 Å². The van der Waals surface area contributed by atoms with Crippen molar-refractivity contribution in [3.63, 3.8) is 0 Å². The van der Waals surface area contributed by atoms with Gasteiger partial charge in [0.25, 0.3) is 5.91 Å². The van der Waals surface area contributed by atoms with Crippen LogP contribution in [0.5, 0.6) is 5.75 Å². The molecular weight excluding hydrogens is 224 g/mol. The molecule has 0 unspecified atom stereocenters. The van der Waals surface area contributed by atoms with E-state index in [-0.39, 0.29) is 6.04 Å². The van der Waals surface area contributed by atoms with Crippen molar-refractivity contribution in [2.75, 3.05) is 5.32 Å². The van der Waals surface area contributed by atoms with E-state index in [2.05, 4.69) is 15.2 Å². The van der Waals surface area contributed by atoms with E-state index >= 15 is 0 Å². The minimum absolute atomic E-state index is 0.124. The van der Waals surface area contributed by atoms with Crippen LogP contribution < -0.4 is 15.9 Å². The third kappa shape index (κ3) is 3.33. The number of carbonyl (C=O) groups excluding carboxylic acids is 1. The number of rotatable bonds is 5. The van der Waals surface area contributed by atoms with Gasteiger partial charge in [-0.2, -0.15) is 0 Å². The summed E-state index contributed by atoms with van der Waals surface area (Å²) >= 11 is 0. The second kappa shape index (κ2) is 5.51. The quantitative estimate of drug-likeness (QED) is 0.538. The summed E-state index contributed by atoms with van der Waals surface area (Å²) in [7, 11) is 0. The van der Waals surface area contributed by atoms with E-state index in [9.17, 15) is 4.79 Å². The summed E-state index contributed by atoms with van der Waals surface area (Å²) in [4.78, 5) is 15.8. The molecule has 0 fully saturated rings. The van der Waals surface area contributed by atoms with Crippen molar-refractivity contribution in [2.24, 2.45) is 5.73 Å². The monoisotopic (exact) mass is 240 g/mol. The largest absolute Gasteiger partial charge is 0.382 e. The van der Waals surface area contributed by atoms with Crippen molar-refractivity contribution in [3.8, 4) is 5.75 Å². The number of hydrogen-bond donors (Lipinski definition) is 3. The molecule has 1 aromatic rings. The fourth-order valence-corrected chi connectivity index (χ4v) is 1.45. The Morgan fingerprint density at radius 2 is 2.12 bits per heavy atom. The molecule has 6 nitrogen and oxygen atoms in total. The number of primary amides is 1. The first-order chi connectivity index (χ1) is 7.95. The third-order valence-electron chi connectivity index (χ3n) is 2.15. The van der Waals surface area contributed by atoms with Crippen LogP contribution in [0.4, 0.5) is 5.69 Å². The standard InChI is InChI=1S/C11H16N2O4/c1-6(2)13-9-5-10(16-17-15)7(3)4-8(9)11(12)14/h4-6,13,15H,1-3H3,(H2,12,14). The summed E-state index contributed by atoms with van der Waals surface area (Å²) in [6.07, 6.45) is 0. The molecule has 0 spiro atoms. The van der Waals surface area contributed by atoms with Gasteiger partial charge in [-0.25, -0.2) is 5.26 Å². The van der Waals surface area contributed by atoms with Gasteiger partial charge < -0.3 is 15.9 Å². The first-order valence-electron chi connectivity index (χ1n) is 5.14. The third-order valence-corrected chi connectivity index (χ3v) is 2.15. The highest BCUT2D eigenvalue weighted by atomic mass is 17.5. The van der Waals surface area contributed by atoms with Gasteiger partial charge in [0.05, 0.1) is 11.3 Å². The molecule has 0 radical (unpaired) electrons. The van der Waals surface area contributed by atoms with E-state index in [4.69, 9.17) is 11.0 Å². The van der Waals surface area contributed by atoms with Crippen LogP contribution in [0.1, 0.15) is 29.8 Å². The van der Waals surface area contributed by atoms with Crippen LogP contribution in [0.3, 0.4) is 0 Å². The molecule has 0 saturated carbocycles. The van der Waals surface area contributed by atoms with Crippen LogP contribution in [-0.2, 0) is 5.04 Å². The molecule has 0 aromatic heterocycles. The van der Waals surface area contributed by atoms with Crippen LogP contribution in [0.15, 0.2) is 12.1 Å². The molecule has 4 N–H and O–H groups in total. The zero-order chi connectivity index (χ0) is 13.0. The molecule has 94 valence electrons. The van der Waals surface area contributed by atoms with Gasteiger partial charge in [-0.15, -0.1) is 0 Å². The molecule has 0 heterocycles. The van der Waals surface area contributed by atoms with E-state index < -0.39 is 5.91 Å². The van der Waals surface area contributed by atoms with Gasteiger partial charge >= 0.3 is 0 Å². The van der Waals surface area contributed by atoms with Gasteiger partial charge in [0.2, 0.25) is 0 Å². The Hall–Kier alpha value is -1.79. The molecule has 0 aliphatic carbocycles. The molecule has 0 aliphatic heterocycles. The van der Waals surface area contributed by atoms with Crippen LogP contribution in [0.25, 0.3) is 0 Å². The SMILES string of the molecule is Cc1cc(C(N)=O)c(NC(C)C)cc1OOO. The zero-order valence-electron chi connectivity index (χ0n) is 9.98. The maximum absolute atomic E-state index is 11.3. The summed E-state index contributed by atoms with van der Waals surface area (Å²) in [5, 5.41) is 14.9. The van der Waals surface area contributed by atoms with Crippen LogP contribution in [0, 0.1) is 6.92 Å². The highest BCUT2D eigenvalue weighted by Gasteiger charge is 2.14. The summed E-state index contributed by atoms with van der Waals surface area (Å²) in [6, 6.07) is 3.24. The van der Waals surface area contributed by atoms with Crippen LogP contribution >= 0.6 is 0 Å². The number of aryl methyl sites for hydroxylation is 1. The molecule has 17 heavy (non-hydrogen) atoms. The number of nitrogens with two attached hydrogens (primary N) is 1. The molecular formula is C11H16N2O4. The van der Waals surface area contributed by atoms with Gasteiger partial charge in [-0.3, -0.25) is 4.79 Å². The average molecular weight is 240 g/mol. The molecule has 0 bridgehead atoms. The lowest BCUT2D eigenvalue weighted by Crippen LogP contribution is -2.18. The summed E-state index contributed by atoms with van der Waals surface area (Å²) < 4.78 is 0. The number of benzene rings is 1.